The van der Waals surface area contributed by atoms with E-state index in [9.17, 15) is 9.59 Å². The lowest BCUT2D eigenvalue weighted by molar-refractivity contribution is -0.131. The molecule has 2 aromatic rings. The van der Waals surface area contributed by atoms with Gasteiger partial charge in [0.15, 0.2) is 5.16 Å². The molecule has 0 saturated carbocycles. The molecule has 2 saturated heterocycles. The van der Waals surface area contributed by atoms with E-state index in [1.807, 2.05) is 4.90 Å². The summed E-state index contributed by atoms with van der Waals surface area (Å²) in [5.41, 5.74) is 1.27. The van der Waals surface area contributed by atoms with Gasteiger partial charge in [0.25, 0.3) is 5.56 Å². The van der Waals surface area contributed by atoms with Gasteiger partial charge in [-0.2, -0.15) is 0 Å². The molecule has 1 aliphatic carbocycles. The molecule has 5 rings (SSSR count). The summed E-state index contributed by atoms with van der Waals surface area (Å²) in [4.78, 5) is 35.8. The molecule has 1 amide bonds. The van der Waals surface area contributed by atoms with Crippen LogP contribution < -0.4 is 5.56 Å². The van der Waals surface area contributed by atoms with Crippen LogP contribution in [0.2, 0.25) is 0 Å². The number of rotatable bonds is 5. The third-order valence-electron chi connectivity index (χ3n) is 7.24. The number of likely N-dealkylation sites (tertiary alicyclic amines) is 1. The normalized spacial score (nSPS) is 25.9. The molecule has 0 aromatic carbocycles. The number of hydrogen-bond acceptors (Lipinski definition) is 6. The molecule has 3 unspecified atom stereocenters. The van der Waals surface area contributed by atoms with E-state index < -0.39 is 0 Å². The van der Waals surface area contributed by atoms with Crippen LogP contribution in [-0.4, -0.2) is 51.4 Å². The minimum absolute atomic E-state index is 0.0543. The highest BCUT2D eigenvalue weighted by atomic mass is 32.2. The zero-order chi connectivity index (χ0) is 22.2. The highest BCUT2D eigenvalue weighted by Crippen LogP contribution is 2.36. The topological polar surface area (TPSA) is 64.4 Å². The van der Waals surface area contributed by atoms with Gasteiger partial charge in [-0.3, -0.25) is 14.2 Å². The van der Waals surface area contributed by atoms with Gasteiger partial charge in [0.2, 0.25) is 5.91 Å². The number of thiophene rings is 1. The minimum Gasteiger partial charge on any atom is -0.376 e. The molecule has 2 fully saturated rings. The Hall–Kier alpha value is -1.38. The number of nitrogens with zero attached hydrogens (tertiary/aromatic N) is 3. The van der Waals surface area contributed by atoms with Crippen molar-refractivity contribution < 1.29 is 9.53 Å². The van der Waals surface area contributed by atoms with Crippen molar-refractivity contribution in [3.05, 3.63) is 20.8 Å². The SMILES string of the molecule is CC1CCc2c(sc3nc(SCC(=O)N4CCCCC4C)n(CC4CCCO4)c(=O)c23)C1. The molecule has 32 heavy (non-hydrogen) atoms. The average molecular weight is 476 g/mol. The van der Waals surface area contributed by atoms with Gasteiger partial charge in [-0.1, -0.05) is 18.7 Å². The second-order valence-corrected chi connectivity index (χ2v) is 11.7. The zero-order valence-electron chi connectivity index (χ0n) is 19.1. The number of carbonyl (C=O) groups is 1. The fraction of sp³-hybridized carbons (Fsp3) is 0.708. The first kappa shape index (κ1) is 22.4. The fourth-order valence-corrected chi connectivity index (χ4v) is 7.66. The number of aryl methyl sites for hydroxylation is 1. The molecule has 3 atom stereocenters. The van der Waals surface area contributed by atoms with E-state index in [-0.39, 0.29) is 17.6 Å². The summed E-state index contributed by atoms with van der Waals surface area (Å²) in [6.07, 6.45) is 8.53. The quantitative estimate of drug-likeness (QED) is 0.478. The van der Waals surface area contributed by atoms with Gasteiger partial charge in [-0.05, 0) is 69.8 Å². The maximum atomic E-state index is 13.7. The Morgan fingerprint density at radius 2 is 2.09 bits per heavy atom. The lowest BCUT2D eigenvalue weighted by atomic mass is 9.89. The van der Waals surface area contributed by atoms with E-state index in [0.717, 1.165) is 68.3 Å². The smallest absolute Gasteiger partial charge is 0.263 e. The fourth-order valence-electron chi connectivity index (χ4n) is 5.35. The number of fused-ring (bicyclic) bond motifs is 3. The standard InChI is InChI=1S/C24H33N3O3S2/c1-15-8-9-18-19(12-15)32-22-21(18)23(29)27(13-17-7-5-11-30-17)24(25-22)31-14-20(28)26-10-4-3-6-16(26)2/h15-17H,3-14H2,1-2H3. The number of thioether (sulfide) groups is 1. The third-order valence-corrected chi connectivity index (χ3v) is 9.35. The van der Waals surface area contributed by atoms with E-state index in [1.54, 1.807) is 15.9 Å². The summed E-state index contributed by atoms with van der Waals surface area (Å²) in [6.45, 7) is 6.54. The molecule has 2 aliphatic heterocycles. The summed E-state index contributed by atoms with van der Waals surface area (Å²) in [6, 6.07) is 0.299. The van der Waals surface area contributed by atoms with E-state index in [1.165, 1.54) is 28.6 Å². The Balaban J connectivity index is 1.47. The molecule has 0 radical (unpaired) electrons. The van der Waals surface area contributed by atoms with Crippen molar-refractivity contribution in [3.8, 4) is 0 Å². The van der Waals surface area contributed by atoms with Gasteiger partial charge in [-0.15, -0.1) is 11.3 Å². The van der Waals surface area contributed by atoms with E-state index in [4.69, 9.17) is 9.72 Å². The summed E-state index contributed by atoms with van der Waals surface area (Å²) >= 11 is 3.10. The maximum Gasteiger partial charge on any atom is 0.263 e. The molecular formula is C24H33N3O3S2. The van der Waals surface area contributed by atoms with Gasteiger partial charge < -0.3 is 9.64 Å². The van der Waals surface area contributed by atoms with Crippen LogP contribution in [0.3, 0.4) is 0 Å². The summed E-state index contributed by atoms with van der Waals surface area (Å²) in [5, 5.41) is 1.48. The molecular weight excluding hydrogens is 442 g/mol. The molecule has 0 spiro atoms. The van der Waals surface area contributed by atoms with Gasteiger partial charge in [0.05, 0.1) is 23.8 Å². The second-order valence-electron chi connectivity index (χ2n) is 9.70. The molecule has 0 bridgehead atoms. The lowest BCUT2D eigenvalue weighted by Gasteiger charge is -2.33. The summed E-state index contributed by atoms with van der Waals surface area (Å²) in [5.74, 6) is 1.14. The monoisotopic (exact) mass is 475 g/mol. The van der Waals surface area contributed by atoms with Crippen LogP contribution in [0.4, 0.5) is 0 Å². The van der Waals surface area contributed by atoms with Crippen molar-refractivity contribution in [2.24, 2.45) is 5.92 Å². The van der Waals surface area contributed by atoms with Crippen LogP contribution >= 0.6 is 23.1 Å². The van der Waals surface area contributed by atoms with Gasteiger partial charge in [-0.25, -0.2) is 4.98 Å². The van der Waals surface area contributed by atoms with E-state index in [0.29, 0.717) is 29.4 Å². The number of aromatic nitrogens is 2. The first-order valence-corrected chi connectivity index (χ1v) is 13.9. The number of amides is 1. The van der Waals surface area contributed by atoms with Crippen LogP contribution in [0.15, 0.2) is 9.95 Å². The molecule has 4 heterocycles. The first-order chi connectivity index (χ1) is 15.5. The van der Waals surface area contributed by atoms with Gasteiger partial charge in [0.1, 0.15) is 4.83 Å². The number of carbonyl (C=O) groups excluding carboxylic acids is 1. The second kappa shape index (κ2) is 9.47. The molecule has 174 valence electrons. The zero-order valence-corrected chi connectivity index (χ0v) is 20.7. The van der Waals surface area contributed by atoms with Crippen LogP contribution in [0.5, 0.6) is 0 Å². The third kappa shape index (κ3) is 4.38. The Morgan fingerprint density at radius 3 is 2.88 bits per heavy atom. The Kier molecular flexibility index (Phi) is 6.63. The van der Waals surface area contributed by atoms with Crippen LogP contribution in [-0.2, 0) is 28.9 Å². The first-order valence-electron chi connectivity index (χ1n) is 12.1. The van der Waals surface area contributed by atoms with Crippen molar-refractivity contribution in [2.45, 2.75) is 89.1 Å². The van der Waals surface area contributed by atoms with Crippen LogP contribution in [0, 0.1) is 5.92 Å². The van der Waals surface area contributed by atoms with Crippen molar-refractivity contribution in [1.29, 1.82) is 0 Å². The Morgan fingerprint density at radius 1 is 1.22 bits per heavy atom. The predicted molar refractivity (Wildman–Crippen MR) is 130 cm³/mol. The number of hydrogen-bond donors (Lipinski definition) is 0. The van der Waals surface area contributed by atoms with Crippen LogP contribution in [0.1, 0.15) is 62.8 Å². The Bertz CT molecular complexity index is 1060. The van der Waals surface area contributed by atoms with Crippen molar-refractivity contribution in [1.82, 2.24) is 14.5 Å². The number of ether oxygens (including phenoxy) is 1. The highest BCUT2D eigenvalue weighted by Gasteiger charge is 2.28. The van der Waals surface area contributed by atoms with Gasteiger partial charge >= 0.3 is 0 Å². The molecule has 3 aliphatic rings. The lowest BCUT2D eigenvalue weighted by Crippen LogP contribution is -2.43. The van der Waals surface area contributed by atoms with Crippen molar-refractivity contribution >= 4 is 39.2 Å². The van der Waals surface area contributed by atoms with E-state index in [2.05, 4.69) is 13.8 Å². The molecule has 2 aromatic heterocycles. The van der Waals surface area contributed by atoms with E-state index >= 15 is 0 Å². The summed E-state index contributed by atoms with van der Waals surface area (Å²) < 4.78 is 7.66. The number of piperidine rings is 1. The largest absolute Gasteiger partial charge is 0.376 e. The molecule has 0 N–H and O–H groups in total. The Labute approximate surface area is 197 Å². The van der Waals surface area contributed by atoms with Crippen LogP contribution in [0.25, 0.3) is 10.2 Å². The maximum absolute atomic E-state index is 13.7. The average Bonchev–Trinajstić information content (AvgIpc) is 3.41. The van der Waals surface area contributed by atoms with Crippen molar-refractivity contribution in [3.63, 3.8) is 0 Å². The molecule has 6 nitrogen and oxygen atoms in total. The minimum atomic E-state index is 0.0543. The predicted octanol–water partition coefficient (Wildman–Crippen LogP) is 4.25. The van der Waals surface area contributed by atoms with Gasteiger partial charge in [0, 0.05) is 24.1 Å². The van der Waals surface area contributed by atoms with Crippen molar-refractivity contribution in [2.75, 3.05) is 18.9 Å². The highest BCUT2D eigenvalue weighted by molar-refractivity contribution is 7.99. The summed E-state index contributed by atoms with van der Waals surface area (Å²) in [7, 11) is 0. The molecule has 8 heteroatoms.